The highest BCUT2D eigenvalue weighted by atomic mass is 127. The standard InChI is InChI=1S/C19H16I2N2O3/c1-11-4-3-5-12(6-11)10-26-17-14(20)7-13(8-15(17)21)9-16-18(24)23(2)19(25)22-16/h3-9H,10H2,1-2H3,(H,22,25)/b16-9+. The van der Waals surface area contributed by atoms with Crippen LogP contribution in [-0.2, 0) is 11.4 Å². The first-order valence-electron chi connectivity index (χ1n) is 7.83. The normalized spacial score (nSPS) is 15.5. The Bertz CT molecular complexity index is 902. The third-order valence-corrected chi connectivity index (χ3v) is 5.48. The summed E-state index contributed by atoms with van der Waals surface area (Å²) in [4.78, 5) is 24.6. The molecule has 0 spiro atoms. The fourth-order valence-corrected chi connectivity index (χ4v) is 4.68. The number of rotatable bonds is 4. The Balaban J connectivity index is 1.80. The molecule has 2 aromatic rings. The van der Waals surface area contributed by atoms with Crippen LogP contribution in [0.3, 0.4) is 0 Å². The molecule has 0 saturated carbocycles. The average molecular weight is 574 g/mol. The van der Waals surface area contributed by atoms with Crippen LogP contribution in [0, 0.1) is 14.1 Å². The van der Waals surface area contributed by atoms with Crippen LogP contribution in [-0.4, -0.2) is 23.9 Å². The summed E-state index contributed by atoms with van der Waals surface area (Å²) in [5, 5.41) is 2.57. The van der Waals surface area contributed by atoms with E-state index in [1.165, 1.54) is 12.6 Å². The Hall–Kier alpha value is -1.62. The van der Waals surface area contributed by atoms with E-state index in [4.69, 9.17) is 4.74 Å². The summed E-state index contributed by atoms with van der Waals surface area (Å²) in [5.74, 6) is 0.480. The number of benzene rings is 2. The van der Waals surface area contributed by atoms with Gasteiger partial charge >= 0.3 is 6.03 Å². The molecule has 134 valence electrons. The van der Waals surface area contributed by atoms with E-state index in [0.29, 0.717) is 6.61 Å². The summed E-state index contributed by atoms with van der Waals surface area (Å²) >= 11 is 4.44. The molecule has 1 aliphatic rings. The lowest BCUT2D eigenvalue weighted by Gasteiger charge is -2.12. The first-order valence-corrected chi connectivity index (χ1v) is 9.99. The number of carbonyl (C=O) groups is 2. The third-order valence-electron chi connectivity index (χ3n) is 3.88. The molecule has 3 rings (SSSR count). The predicted octanol–water partition coefficient (Wildman–Crippen LogP) is 4.31. The highest BCUT2D eigenvalue weighted by molar-refractivity contribution is 14.1. The van der Waals surface area contributed by atoms with E-state index >= 15 is 0 Å². The maximum absolute atomic E-state index is 12.0. The topological polar surface area (TPSA) is 58.6 Å². The first kappa shape index (κ1) is 19.2. The van der Waals surface area contributed by atoms with Gasteiger partial charge in [-0.25, -0.2) is 4.79 Å². The summed E-state index contributed by atoms with van der Waals surface area (Å²) in [6, 6.07) is 11.7. The zero-order chi connectivity index (χ0) is 18.8. The minimum absolute atomic E-state index is 0.275. The minimum Gasteiger partial charge on any atom is -0.487 e. The number of nitrogens with one attached hydrogen (secondary N) is 1. The lowest BCUT2D eigenvalue weighted by Crippen LogP contribution is -2.25. The number of aryl methyl sites for hydroxylation is 1. The number of ether oxygens (including phenoxy) is 1. The summed E-state index contributed by atoms with van der Waals surface area (Å²) in [7, 11) is 1.45. The molecule has 0 aliphatic carbocycles. The van der Waals surface area contributed by atoms with Gasteiger partial charge in [0.05, 0.1) is 7.14 Å². The molecular formula is C19H16I2N2O3. The molecule has 1 fully saturated rings. The van der Waals surface area contributed by atoms with E-state index in [-0.39, 0.29) is 11.6 Å². The van der Waals surface area contributed by atoms with Gasteiger partial charge in [-0.15, -0.1) is 0 Å². The number of amides is 3. The van der Waals surface area contributed by atoms with Crippen LogP contribution in [0.1, 0.15) is 16.7 Å². The van der Waals surface area contributed by atoms with E-state index in [1.807, 2.05) is 24.3 Å². The Morgan fingerprint density at radius 2 is 1.85 bits per heavy atom. The van der Waals surface area contributed by atoms with Crippen LogP contribution >= 0.6 is 45.2 Å². The van der Waals surface area contributed by atoms with Crippen LogP contribution in [0.15, 0.2) is 42.1 Å². The fourth-order valence-electron chi connectivity index (χ4n) is 2.55. The van der Waals surface area contributed by atoms with Crippen LogP contribution in [0.5, 0.6) is 5.75 Å². The molecule has 1 heterocycles. The average Bonchev–Trinajstić information content (AvgIpc) is 2.81. The van der Waals surface area contributed by atoms with Crippen molar-refractivity contribution in [3.05, 3.63) is 65.9 Å². The molecule has 0 aromatic heterocycles. The SMILES string of the molecule is Cc1cccc(COc2c(I)cc(/C=C3/NC(=O)N(C)C3=O)cc2I)c1. The summed E-state index contributed by atoms with van der Waals surface area (Å²) in [6.45, 7) is 2.55. The third kappa shape index (κ3) is 4.20. The predicted molar refractivity (Wildman–Crippen MR) is 117 cm³/mol. The molecule has 3 amide bonds. The van der Waals surface area contributed by atoms with E-state index in [2.05, 4.69) is 69.6 Å². The first-order chi connectivity index (χ1) is 12.3. The summed E-state index contributed by atoms with van der Waals surface area (Å²) in [6.07, 6.45) is 1.68. The lowest BCUT2D eigenvalue weighted by atomic mass is 10.1. The van der Waals surface area contributed by atoms with E-state index < -0.39 is 6.03 Å². The Morgan fingerprint density at radius 1 is 1.15 bits per heavy atom. The van der Waals surface area contributed by atoms with Crippen LogP contribution in [0.2, 0.25) is 0 Å². The van der Waals surface area contributed by atoms with Crippen molar-refractivity contribution in [3.63, 3.8) is 0 Å². The van der Waals surface area contributed by atoms with Crippen molar-refractivity contribution >= 4 is 63.2 Å². The molecule has 26 heavy (non-hydrogen) atoms. The van der Waals surface area contributed by atoms with Gasteiger partial charge < -0.3 is 10.1 Å². The number of hydrogen-bond donors (Lipinski definition) is 1. The van der Waals surface area contributed by atoms with Crippen molar-refractivity contribution in [2.24, 2.45) is 0 Å². The van der Waals surface area contributed by atoms with Gasteiger partial charge in [-0.2, -0.15) is 0 Å². The highest BCUT2D eigenvalue weighted by Crippen LogP contribution is 2.30. The largest absolute Gasteiger partial charge is 0.487 e. The summed E-state index contributed by atoms with van der Waals surface area (Å²) < 4.78 is 7.90. The van der Waals surface area contributed by atoms with E-state index in [1.54, 1.807) is 6.08 Å². The molecular weight excluding hydrogens is 558 g/mol. The lowest BCUT2D eigenvalue weighted by molar-refractivity contribution is -0.121. The second kappa shape index (κ2) is 7.95. The zero-order valence-electron chi connectivity index (χ0n) is 14.2. The fraction of sp³-hybridized carbons (Fsp3) is 0.158. The quantitative estimate of drug-likeness (QED) is 0.337. The van der Waals surface area contributed by atoms with Crippen molar-refractivity contribution in [1.82, 2.24) is 10.2 Å². The van der Waals surface area contributed by atoms with E-state index in [9.17, 15) is 9.59 Å². The van der Waals surface area contributed by atoms with Gasteiger partial charge in [0.15, 0.2) is 0 Å². The molecule has 5 nitrogen and oxygen atoms in total. The van der Waals surface area contributed by atoms with Gasteiger partial charge in [-0.05, 0) is 81.4 Å². The smallest absolute Gasteiger partial charge is 0.328 e. The monoisotopic (exact) mass is 574 g/mol. The molecule has 1 N–H and O–H groups in total. The van der Waals surface area contributed by atoms with Gasteiger partial charge in [0.1, 0.15) is 18.1 Å². The Kier molecular flexibility index (Phi) is 5.86. The maximum atomic E-state index is 12.0. The molecule has 0 unspecified atom stereocenters. The van der Waals surface area contributed by atoms with Crippen molar-refractivity contribution in [2.75, 3.05) is 7.05 Å². The number of nitrogens with zero attached hydrogens (tertiary/aromatic N) is 1. The molecule has 7 heteroatoms. The van der Waals surface area contributed by atoms with E-state index in [0.717, 1.165) is 28.9 Å². The van der Waals surface area contributed by atoms with Gasteiger partial charge in [-0.1, -0.05) is 29.8 Å². The Morgan fingerprint density at radius 3 is 2.42 bits per heavy atom. The maximum Gasteiger partial charge on any atom is 0.328 e. The number of halogens is 2. The molecule has 1 saturated heterocycles. The molecule has 0 radical (unpaired) electrons. The molecule has 0 bridgehead atoms. The zero-order valence-corrected chi connectivity index (χ0v) is 18.5. The molecule has 2 aromatic carbocycles. The van der Waals surface area contributed by atoms with Gasteiger partial charge in [0.2, 0.25) is 0 Å². The molecule has 0 atom stereocenters. The van der Waals surface area contributed by atoms with Crippen LogP contribution in [0.25, 0.3) is 6.08 Å². The van der Waals surface area contributed by atoms with Crippen molar-refractivity contribution < 1.29 is 14.3 Å². The number of imide groups is 1. The van der Waals surface area contributed by atoms with Gasteiger partial charge in [0.25, 0.3) is 5.91 Å². The summed E-state index contributed by atoms with van der Waals surface area (Å²) in [5.41, 5.74) is 3.42. The number of hydrogen-bond acceptors (Lipinski definition) is 3. The van der Waals surface area contributed by atoms with Crippen LogP contribution < -0.4 is 10.1 Å². The number of urea groups is 1. The van der Waals surface area contributed by atoms with Crippen molar-refractivity contribution in [2.45, 2.75) is 13.5 Å². The Labute approximate surface area is 179 Å². The molecule has 1 aliphatic heterocycles. The second-order valence-corrected chi connectivity index (χ2v) is 8.27. The number of carbonyl (C=O) groups excluding carboxylic acids is 2. The van der Waals surface area contributed by atoms with Gasteiger partial charge in [0, 0.05) is 7.05 Å². The van der Waals surface area contributed by atoms with Crippen molar-refractivity contribution in [1.29, 1.82) is 0 Å². The van der Waals surface area contributed by atoms with Crippen molar-refractivity contribution in [3.8, 4) is 5.75 Å². The second-order valence-electron chi connectivity index (χ2n) is 5.94. The van der Waals surface area contributed by atoms with Crippen LogP contribution in [0.4, 0.5) is 4.79 Å². The highest BCUT2D eigenvalue weighted by Gasteiger charge is 2.30. The van der Waals surface area contributed by atoms with Gasteiger partial charge in [-0.3, -0.25) is 9.69 Å². The minimum atomic E-state index is -0.413. The number of likely N-dealkylation sites (N-methyl/N-ethyl adjacent to an activating group) is 1.